The van der Waals surface area contributed by atoms with E-state index in [1.54, 1.807) is 32.6 Å². The monoisotopic (exact) mass is 1490 g/mol. The molecule has 2 heterocycles. The number of amides is 12. The van der Waals surface area contributed by atoms with Gasteiger partial charge in [-0.15, -0.1) is 0 Å². The van der Waals surface area contributed by atoms with Gasteiger partial charge in [0.25, 0.3) is 0 Å². The zero-order chi connectivity index (χ0) is 79.2. The third-order valence-electron chi connectivity index (χ3n) is 22.1. The van der Waals surface area contributed by atoms with Crippen molar-refractivity contribution in [2.75, 3.05) is 69.0 Å². The molecule has 0 aromatic carbocycles. The number of likely N-dealkylation sites (N-methyl/N-ethyl adjacent to an activating group) is 7. The molecule has 4 aliphatic rings. The number of nitrogens with zero attached hydrogens (tertiary/aromatic N) is 8. The number of carbonyl (C=O) groups excluding carboxylic acids is 12. The summed E-state index contributed by atoms with van der Waals surface area (Å²) in [5.41, 5.74) is 0. The van der Waals surface area contributed by atoms with Gasteiger partial charge >= 0.3 is 6.18 Å². The number of carbonyl (C=O) groups is 12. The molecule has 2 aliphatic heterocycles. The Balaban J connectivity index is 2.02. The van der Waals surface area contributed by atoms with Crippen molar-refractivity contribution in [3.8, 4) is 0 Å². The molecule has 4 fully saturated rings. The molecule has 13 atom stereocenters. The maximum Gasteiger partial charge on any atom is 0.414 e. The van der Waals surface area contributed by atoms with E-state index >= 15 is 33.6 Å². The fourth-order valence-corrected chi connectivity index (χ4v) is 15.5. The fraction of sp³-hybridized carbons (Fsp3) is 0.842. The van der Waals surface area contributed by atoms with Crippen molar-refractivity contribution in [2.24, 2.45) is 41.4 Å². The Morgan fingerprint density at radius 3 is 1.45 bits per heavy atom. The van der Waals surface area contributed by atoms with Gasteiger partial charge in [-0.25, -0.2) is 0 Å². The average Bonchev–Trinajstić information content (AvgIpc) is 0.799. The van der Waals surface area contributed by atoms with Gasteiger partial charge in [0.1, 0.15) is 66.5 Å². The molecule has 0 aromatic heterocycles. The molecule has 2 saturated heterocycles. The second kappa shape index (κ2) is 42.2. The van der Waals surface area contributed by atoms with Gasteiger partial charge in [-0.05, 0) is 119 Å². The molecule has 6 N–H and O–H groups in total. The minimum atomic E-state index is -5.03. The predicted octanol–water partition coefficient (Wildman–Crippen LogP) is 6.02. The van der Waals surface area contributed by atoms with E-state index in [1.807, 2.05) is 41.5 Å². The first-order chi connectivity index (χ1) is 49.0. The predicted molar refractivity (Wildman–Crippen MR) is 392 cm³/mol. The van der Waals surface area contributed by atoms with E-state index in [9.17, 15) is 47.4 Å². The van der Waals surface area contributed by atoms with Crippen LogP contribution in [0.2, 0.25) is 0 Å². The van der Waals surface area contributed by atoms with Crippen LogP contribution in [0.3, 0.4) is 0 Å². The average molecular weight is 1490 g/mol. The molecule has 12 amide bonds. The van der Waals surface area contributed by atoms with Gasteiger partial charge in [0, 0.05) is 62.4 Å². The molecule has 0 radical (unpaired) electrons. The molecule has 29 heteroatoms. The summed E-state index contributed by atoms with van der Waals surface area (Å²) in [4.78, 5) is 191. The molecule has 0 spiro atoms. The molecule has 1 unspecified atom stereocenters. The first-order valence-electron chi connectivity index (χ1n) is 38.8. The summed E-state index contributed by atoms with van der Waals surface area (Å²) in [6.07, 6.45) is -1.27. The maximum absolute atomic E-state index is 15.6. The van der Waals surface area contributed by atoms with Crippen LogP contribution in [0, 0.1) is 41.4 Å². The Bertz CT molecular complexity index is 2900. The molecule has 600 valence electrons. The summed E-state index contributed by atoms with van der Waals surface area (Å²) in [5.74, 6) is -11.5. The standard InChI is InChI=1S/C76H131F3N12O14/c1-19-49(10)65-69(99)83-63(50(11)92)75(105)84(12)44-62(95)85(13)56(39-46(4)5)66(96)81-55(72(102)91-36-27-22-28-37-91)43-61(94)89(17)64(48(8)9)68(98)82-54(38-45(2)3)71(101)87(15)58(40-47(6)7)73(103)86(14)57(41-51-30-23-20-24-31-51)67(97)80-53(34-29-35-60(93)76(77,78)79)70(100)88(16)59(74(104)90(65)18)42-52-32-25-21-26-33-52/h45-60,63-65,92-93H,19-44H2,1-18H3,(H,80,97)(H,81,96)(H,82,98)(H,83,99)/t49-,50+,53-,54-,55-,56-,57-,58-,59-,60?,63-,64-,65-/m0/s1. The number of piperidine rings is 1. The summed E-state index contributed by atoms with van der Waals surface area (Å²) in [5, 5.41) is 32.8. The van der Waals surface area contributed by atoms with Gasteiger partial charge in [0.2, 0.25) is 70.9 Å². The van der Waals surface area contributed by atoms with Crippen molar-refractivity contribution >= 4 is 70.9 Å². The third kappa shape index (κ3) is 26.3. The molecule has 2 aliphatic carbocycles. The highest BCUT2D eigenvalue weighted by Gasteiger charge is 2.46. The largest absolute Gasteiger partial charge is 0.414 e. The smallest absolute Gasteiger partial charge is 0.391 e. The number of likely N-dealkylation sites (tertiary alicyclic amines) is 1. The molecule has 0 bridgehead atoms. The Hall–Kier alpha value is -6.65. The van der Waals surface area contributed by atoms with Gasteiger partial charge in [-0.2, -0.15) is 13.2 Å². The highest BCUT2D eigenvalue weighted by atomic mass is 19.4. The molecule has 4 rings (SSSR count). The van der Waals surface area contributed by atoms with E-state index in [0.717, 1.165) is 59.6 Å². The van der Waals surface area contributed by atoms with Gasteiger partial charge in [-0.3, -0.25) is 57.5 Å². The van der Waals surface area contributed by atoms with Crippen LogP contribution in [0.25, 0.3) is 0 Å². The van der Waals surface area contributed by atoms with E-state index in [2.05, 4.69) is 21.3 Å². The van der Waals surface area contributed by atoms with Crippen molar-refractivity contribution in [3.05, 3.63) is 0 Å². The van der Waals surface area contributed by atoms with Crippen LogP contribution >= 0.6 is 0 Å². The lowest BCUT2D eigenvalue weighted by atomic mass is 9.83. The summed E-state index contributed by atoms with van der Waals surface area (Å²) in [7, 11) is 9.56. The molecular weight excluding hydrogens is 1360 g/mol. The van der Waals surface area contributed by atoms with Crippen LogP contribution in [-0.4, -0.2) is 268 Å². The lowest BCUT2D eigenvalue weighted by Crippen LogP contribution is -2.62. The Morgan fingerprint density at radius 2 is 0.943 bits per heavy atom. The topological polar surface area (TPSA) is 319 Å². The van der Waals surface area contributed by atoms with Crippen molar-refractivity contribution < 1.29 is 80.9 Å². The summed E-state index contributed by atoms with van der Waals surface area (Å²) in [6.45, 7) is 19.1. The number of halogens is 3. The van der Waals surface area contributed by atoms with Crippen LogP contribution in [0.5, 0.6) is 0 Å². The molecular formula is C76H131F3N12O14. The maximum atomic E-state index is 15.6. The quantitative estimate of drug-likeness (QED) is 0.0862. The van der Waals surface area contributed by atoms with Crippen LogP contribution in [0.4, 0.5) is 13.2 Å². The minimum Gasteiger partial charge on any atom is -0.391 e. The van der Waals surface area contributed by atoms with E-state index in [0.29, 0.717) is 51.6 Å². The first kappa shape index (κ1) is 90.7. The Morgan fingerprint density at radius 1 is 0.486 bits per heavy atom. The van der Waals surface area contributed by atoms with Gasteiger partial charge < -0.3 is 70.7 Å². The molecule has 26 nitrogen and oxygen atoms in total. The molecule has 105 heavy (non-hydrogen) atoms. The van der Waals surface area contributed by atoms with E-state index in [4.69, 9.17) is 0 Å². The zero-order valence-corrected chi connectivity index (χ0v) is 66.4. The van der Waals surface area contributed by atoms with Crippen molar-refractivity contribution in [1.29, 1.82) is 0 Å². The van der Waals surface area contributed by atoms with Crippen LogP contribution in [-0.2, 0) is 57.5 Å². The second-order valence-corrected chi connectivity index (χ2v) is 32.4. The number of rotatable bonds is 19. The first-order valence-corrected chi connectivity index (χ1v) is 38.8. The Labute approximate surface area is 622 Å². The van der Waals surface area contributed by atoms with E-state index < -0.39 is 194 Å². The highest BCUT2D eigenvalue weighted by Crippen LogP contribution is 2.33. The van der Waals surface area contributed by atoms with Crippen molar-refractivity contribution in [3.63, 3.8) is 0 Å². The van der Waals surface area contributed by atoms with Crippen molar-refractivity contribution in [1.82, 2.24) is 60.5 Å². The molecule has 0 aromatic rings. The lowest BCUT2D eigenvalue weighted by molar-refractivity contribution is -0.205. The fourth-order valence-electron chi connectivity index (χ4n) is 15.5. The Kier molecular flexibility index (Phi) is 36.5. The number of aliphatic hydroxyl groups is 2. The lowest BCUT2D eigenvalue weighted by Gasteiger charge is -2.40. The van der Waals surface area contributed by atoms with Gasteiger partial charge in [-0.1, -0.05) is 140 Å². The highest BCUT2D eigenvalue weighted by molar-refractivity contribution is 6.00. The summed E-state index contributed by atoms with van der Waals surface area (Å²) >= 11 is 0. The summed E-state index contributed by atoms with van der Waals surface area (Å²) in [6, 6.07) is -14.1. The minimum absolute atomic E-state index is 0.0455. The normalized spacial score (nSPS) is 27.4. The molecule has 2 saturated carbocycles. The van der Waals surface area contributed by atoms with Crippen LogP contribution < -0.4 is 21.3 Å². The van der Waals surface area contributed by atoms with Gasteiger partial charge in [0.05, 0.1) is 19.1 Å². The van der Waals surface area contributed by atoms with Crippen molar-refractivity contribution in [2.45, 2.75) is 303 Å². The second-order valence-electron chi connectivity index (χ2n) is 32.4. The van der Waals surface area contributed by atoms with E-state index in [-0.39, 0.29) is 68.1 Å². The number of aliphatic hydroxyl groups excluding tert-OH is 2. The van der Waals surface area contributed by atoms with E-state index in [1.165, 1.54) is 75.9 Å². The number of alkyl halides is 3. The third-order valence-corrected chi connectivity index (χ3v) is 22.1. The summed E-state index contributed by atoms with van der Waals surface area (Å²) < 4.78 is 42.0. The number of hydrogen-bond donors (Lipinski definition) is 6. The van der Waals surface area contributed by atoms with Gasteiger partial charge in [0.15, 0.2) is 0 Å². The number of hydrogen-bond acceptors (Lipinski definition) is 14. The SMILES string of the molecule is CC[C@H](C)[C@H]1C(=O)N[C@@H]([C@@H](C)O)C(=O)N(C)CC(=O)N(C)[C@@H](CC(C)C)C(=O)N[C@H](C(=O)N2CCCCC2)CC(=O)N(C)[C@@H](C(C)C)C(=O)N[C@@H](CC(C)C)C(=O)N(C)[C@@H](CC(C)C)C(=O)N(C)[C@@H](CC2CCCCC2)C(=O)N[C@@H](CCCC(O)C(F)(F)F)C(=O)N(C)[C@@H](CC2CCCCC2)C(=O)N1C. The van der Waals surface area contributed by atoms with Crippen LogP contribution in [0.15, 0.2) is 0 Å². The van der Waals surface area contributed by atoms with Crippen LogP contribution in [0.1, 0.15) is 224 Å². The zero-order valence-electron chi connectivity index (χ0n) is 66.4. The number of nitrogens with one attached hydrogen (secondary N) is 4.